The number of unbranched alkanes of at least 4 members (excludes halogenated alkanes) is 21. The zero-order chi connectivity index (χ0) is 45.8. The lowest BCUT2D eigenvalue weighted by Crippen LogP contribution is -2.30. The topological polar surface area (TPSA) is 78.9 Å². The molecular weight excluding hydrogens is 781 g/mol. The highest BCUT2D eigenvalue weighted by Gasteiger charge is 2.19. The van der Waals surface area contributed by atoms with Gasteiger partial charge in [0.15, 0.2) is 6.10 Å². The number of allylic oxidation sites excluding steroid dienone is 14. The molecule has 63 heavy (non-hydrogen) atoms. The molecule has 0 aromatic heterocycles. The maximum absolute atomic E-state index is 12.6. The van der Waals surface area contributed by atoms with E-state index < -0.39 is 6.10 Å². The number of hydrogen-bond donors (Lipinski definition) is 0. The van der Waals surface area contributed by atoms with Crippen molar-refractivity contribution in [3.05, 3.63) is 85.1 Å². The first kappa shape index (κ1) is 59.6. The Balaban J connectivity index is 4.01. The summed E-state index contributed by atoms with van der Waals surface area (Å²) in [5, 5.41) is 0. The van der Waals surface area contributed by atoms with E-state index in [1.165, 1.54) is 89.9 Å². The summed E-state index contributed by atoms with van der Waals surface area (Å²) < 4.78 is 16.6. The van der Waals surface area contributed by atoms with Crippen molar-refractivity contribution in [1.82, 2.24) is 0 Å². The van der Waals surface area contributed by atoms with Gasteiger partial charge in [0.2, 0.25) is 0 Å². The summed E-state index contributed by atoms with van der Waals surface area (Å²) in [6.07, 6.45) is 66.2. The minimum Gasteiger partial charge on any atom is -0.462 e. The maximum Gasteiger partial charge on any atom is 0.306 e. The molecule has 0 radical (unpaired) electrons. The Labute approximate surface area is 388 Å². The van der Waals surface area contributed by atoms with Crippen molar-refractivity contribution < 1.29 is 28.6 Å². The number of carbonyl (C=O) groups is 3. The van der Waals surface area contributed by atoms with E-state index in [1.54, 1.807) is 0 Å². The van der Waals surface area contributed by atoms with Crippen LogP contribution in [0.25, 0.3) is 0 Å². The van der Waals surface area contributed by atoms with Crippen molar-refractivity contribution in [3.8, 4) is 0 Å². The fourth-order valence-electron chi connectivity index (χ4n) is 7.01. The van der Waals surface area contributed by atoms with Gasteiger partial charge >= 0.3 is 17.9 Å². The summed E-state index contributed by atoms with van der Waals surface area (Å²) in [4.78, 5) is 37.5. The summed E-state index contributed by atoms with van der Waals surface area (Å²) in [5.41, 5.74) is 0. The highest BCUT2D eigenvalue weighted by atomic mass is 16.6. The first-order chi connectivity index (χ1) is 31.0. The second kappa shape index (κ2) is 51.2. The van der Waals surface area contributed by atoms with Gasteiger partial charge in [0.25, 0.3) is 0 Å². The van der Waals surface area contributed by atoms with Crippen LogP contribution >= 0.6 is 0 Å². The Kier molecular flexibility index (Phi) is 48.5. The fraction of sp³-hybridized carbons (Fsp3) is 0.702. The summed E-state index contributed by atoms with van der Waals surface area (Å²) >= 11 is 0. The standard InChI is InChI=1S/C57H96O6/c1-4-7-10-13-16-18-19-20-21-22-23-24-25-26-27-28-29-30-31-32-33-34-35-36-37-38-39-40-42-44-47-50-56(59)62-53-54(52-61-55(58)49-46-43-15-12-9-6-3)63-57(60)51-48-45-41-17-14-11-8-5-2/h7,10,16,18,20-21,23-24,26-27,29-30,32-33,54H,4-6,8-9,11-15,17,19,22,25,28,31,34-53H2,1-3H3/b10-7-,18-16-,21-20-,24-23-,27-26-,30-29-,33-32-. The minimum absolute atomic E-state index is 0.0765. The largest absolute Gasteiger partial charge is 0.462 e. The van der Waals surface area contributed by atoms with E-state index in [2.05, 4.69) is 106 Å². The number of esters is 3. The molecule has 0 amide bonds. The van der Waals surface area contributed by atoms with Crippen LogP contribution < -0.4 is 0 Å². The van der Waals surface area contributed by atoms with Gasteiger partial charge in [0.05, 0.1) is 0 Å². The molecule has 1 unspecified atom stereocenters. The molecule has 6 heteroatoms. The van der Waals surface area contributed by atoms with E-state index >= 15 is 0 Å². The van der Waals surface area contributed by atoms with Gasteiger partial charge < -0.3 is 14.2 Å². The van der Waals surface area contributed by atoms with Crippen molar-refractivity contribution in [1.29, 1.82) is 0 Å². The van der Waals surface area contributed by atoms with Gasteiger partial charge in [-0.3, -0.25) is 14.4 Å². The SMILES string of the molecule is CC/C=C\C/C=C\C/C=C\C/C=C\C/C=C\C/C=C\C/C=C\CCCCCCCCCCCC(=O)OCC(COC(=O)CCCCCCCC)OC(=O)CCCCCCCCCC. The number of ether oxygens (including phenoxy) is 3. The Bertz CT molecular complexity index is 1240. The van der Waals surface area contributed by atoms with Gasteiger partial charge in [-0.2, -0.15) is 0 Å². The van der Waals surface area contributed by atoms with E-state index in [0.29, 0.717) is 19.3 Å². The Morgan fingerprint density at radius 3 is 0.968 bits per heavy atom. The van der Waals surface area contributed by atoms with E-state index in [9.17, 15) is 14.4 Å². The molecule has 0 aliphatic rings. The molecule has 0 spiro atoms. The highest BCUT2D eigenvalue weighted by molar-refractivity contribution is 5.71. The molecule has 0 saturated heterocycles. The molecule has 360 valence electrons. The molecule has 1 atom stereocenters. The van der Waals surface area contributed by atoms with Crippen LogP contribution in [0.4, 0.5) is 0 Å². The van der Waals surface area contributed by atoms with E-state index in [-0.39, 0.29) is 31.1 Å². The molecule has 0 N–H and O–H groups in total. The van der Waals surface area contributed by atoms with Crippen molar-refractivity contribution in [3.63, 3.8) is 0 Å². The van der Waals surface area contributed by atoms with Gasteiger partial charge in [-0.05, 0) is 77.0 Å². The fourth-order valence-corrected chi connectivity index (χ4v) is 7.01. The van der Waals surface area contributed by atoms with Gasteiger partial charge in [-0.1, -0.05) is 228 Å². The van der Waals surface area contributed by atoms with Gasteiger partial charge in [0, 0.05) is 19.3 Å². The predicted octanol–water partition coefficient (Wildman–Crippen LogP) is 17.2. The third kappa shape index (κ3) is 49.5. The summed E-state index contributed by atoms with van der Waals surface area (Å²) in [5.74, 6) is -0.899. The van der Waals surface area contributed by atoms with Crippen LogP contribution in [-0.4, -0.2) is 37.2 Å². The minimum atomic E-state index is -0.770. The third-order valence-electron chi connectivity index (χ3n) is 10.9. The number of hydrogen-bond acceptors (Lipinski definition) is 6. The quantitative estimate of drug-likeness (QED) is 0.0262. The van der Waals surface area contributed by atoms with Crippen LogP contribution in [0.3, 0.4) is 0 Å². The van der Waals surface area contributed by atoms with Crippen LogP contribution in [0.15, 0.2) is 85.1 Å². The van der Waals surface area contributed by atoms with Crippen LogP contribution in [0, 0.1) is 0 Å². The second-order valence-corrected chi connectivity index (χ2v) is 17.1. The lowest BCUT2D eigenvalue weighted by atomic mass is 10.1. The molecule has 0 fully saturated rings. The first-order valence-corrected chi connectivity index (χ1v) is 26.1. The Morgan fingerprint density at radius 1 is 0.333 bits per heavy atom. The van der Waals surface area contributed by atoms with Crippen LogP contribution in [0.1, 0.15) is 239 Å². The van der Waals surface area contributed by atoms with Gasteiger partial charge in [0.1, 0.15) is 13.2 Å². The summed E-state index contributed by atoms with van der Waals surface area (Å²) in [6, 6.07) is 0. The molecule has 0 aromatic rings. The Hall–Kier alpha value is -3.41. The van der Waals surface area contributed by atoms with Crippen molar-refractivity contribution in [2.75, 3.05) is 13.2 Å². The van der Waals surface area contributed by atoms with Crippen molar-refractivity contribution >= 4 is 17.9 Å². The predicted molar refractivity (Wildman–Crippen MR) is 270 cm³/mol. The molecule has 0 aliphatic heterocycles. The van der Waals surface area contributed by atoms with Crippen molar-refractivity contribution in [2.24, 2.45) is 0 Å². The molecule has 0 saturated carbocycles. The van der Waals surface area contributed by atoms with Crippen molar-refractivity contribution in [2.45, 2.75) is 245 Å². The van der Waals surface area contributed by atoms with Gasteiger partial charge in [-0.25, -0.2) is 0 Å². The average molecular weight is 877 g/mol. The molecule has 0 rings (SSSR count). The monoisotopic (exact) mass is 877 g/mol. The molecular formula is C57H96O6. The lowest BCUT2D eigenvalue weighted by molar-refractivity contribution is -0.167. The van der Waals surface area contributed by atoms with Crippen LogP contribution in [0.2, 0.25) is 0 Å². The molecule has 0 aromatic carbocycles. The van der Waals surface area contributed by atoms with E-state index in [0.717, 1.165) is 109 Å². The maximum atomic E-state index is 12.6. The first-order valence-electron chi connectivity index (χ1n) is 26.1. The average Bonchev–Trinajstić information content (AvgIpc) is 3.28. The summed E-state index contributed by atoms with van der Waals surface area (Å²) in [7, 11) is 0. The zero-order valence-corrected chi connectivity index (χ0v) is 41.1. The van der Waals surface area contributed by atoms with Crippen LogP contribution in [-0.2, 0) is 28.6 Å². The third-order valence-corrected chi connectivity index (χ3v) is 10.9. The van der Waals surface area contributed by atoms with E-state index in [1.807, 2.05) is 0 Å². The van der Waals surface area contributed by atoms with Gasteiger partial charge in [-0.15, -0.1) is 0 Å². The van der Waals surface area contributed by atoms with E-state index in [4.69, 9.17) is 14.2 Å². The molecule has 0 aliphatic carbocycles. The lowest BCUT2D eigenvalue weighted by Gasteiger charge is -2.18. The second-order valence-electron chi connectivity index (χ2n) is 17.1. The number of rotatable bonds is 46. The van der Waals surface area contributed by atoms with Crippen LogP contribution in [0.5, 0.6) is 0 Å². The smallest absolute Gasteiger partial charge is 0.306 e. The highest BCUT2D eigenvalue weighted by Crippen LogP contribution is 2.14. The molecule has 0 bridgehead atoms. The summed E-state index contributed by atoms with van der Waals surface area (Å²) in [6.45, 7) is 6.42. The molecule has 0 heterocycles. The Morgan fingerprint density at radius 2 is 0.619 bits per heavy atom. The molecule has 6 nitrogen and oxygen atoms in total. The zero-order valence-electron chi connectivity index (χ0n) is 41.1. The number of carbonyl (C=O) groups excluding carboxylic acids is 3. The normalized spacial score (nSPS) is 12.7.